The highest BCUT2D eigenvalue weighted by Gasteiger charge is 2.83. The van der Waals surface area contributed by atoms with E-state index in [1.165, 1.54) is 19.3 Å². The van der Waals surface area contributed by atoms with Crippen LogP contribution in [0.15, 0.2) is 23.3 Å². The Balaban J connectivity index is 1.22. The van der Waals surface area contributed by atoms with Crippen LogP contribution in [-0.2, 0) is 14.3 Å². The Kier molecular flexibility index (Phi) is 5.30. The van der Waals surface area contributed by atoms with Crippen LogP contribution in [0.4, 0.5) is 0 Å². The van der Waals surface area contributed by atoms with Crippen LogP contribution >= 0.6 is 0 Å². The monoisotopic (exact) mass is 539 g/mol. The summed E-state index contributed by atoms with van der Waals surface area (Å²) in [4.78, 5) is 27.1. The summed E-state index contributed by atoms with van der Waals surface area (Å²) in [5.74, 6) is -0.520. The highest BCUT2D eigenvalue weighted by Crippen LogP contribution is 2.76. The van der Waals surface area contributed by atoms with Gasteiger partial charge < -0.3 is 25.8 Å². The summed E-state index contributed by atoms with van der Waals surface area (Å²) in [6.45, 7) is 7.49. The number of fused-ring (bicyclic) bond motifs is 5. The van der Waals surface area contributed by atoms with Gasteiger partial charge in [-0.05, 0) is 92.1 Å². The number of ketones is 1. The molecule has 214 valence electrons. The Labute approximate surface area is 231 Å². The summed E-state index contributed by atoms with van der Waals surface area (Å²) >= 11 is 0. The van der Waals surface area contributed by atoms with Crippen molar-refractivity contribution in [1.82, 2.24) is 0 Å². The third-order valence-electron chi connectivity index (χ3n) is 13.2. The third-order valence-corrected chi connectivity index (χ3v) is 13.2. The van der Waals surface area contributed by atoms with E-state index in [1.54, 1.807) is 13.0 Å². The first-order valence-corrected chi connectivity index (χ1v) is 15.2. The van der Waals surface area contributed by atoms with Crippen LogP contribution in [0.25, 0.3) is 0 Å². The molecule has 6 saturated carbocycles. The largest absolute Gasteiger partial charge is 0.457 e. The molecule has 8 atom stereocenters. The molecule has 0 aliphatic heterocycles. The highest BCUT2D eigenvalue weighted by atomic mass is 16.6. The number of carbonyl (C=O) groups excluding carboxylic acids is 2. The molecule has 0 radical (unpaired) electrons. The molecule has 0 aromatic rings. The molecular formula is C32H45NO6. The number of carbonyl (C=O) groups is 2. The molecule has 0 spiro atoms. The van der Waals surface area contributed by atoms with Gasteiger partial charge in [0.2, 0.25) is 0 Å². The fourth-order valence-corrected chi connectivity index (χ4v) is 11.6. The first-order chi connectivity index (χ1) is 18.2. The van der Waals surface area contributed by atoms with Crippen LogP contribution in [0.2, 0.25) is 0 Å². The normalized spacial score (nSPS) is 53.1. The molecule has 0 unspecified atom stereocenters. The van der Waals surface area contributed by atoms with Gasteiger partial charge >= 0.3 is 5.97 Å². The van der Waals surface area contributed by atoms with Crippen molar-refractivity contribution in [3.63, 3.8) is 0 Å². The van der Waals surface area contributed by atoms with E-state index in [1.807, 2.05) is 13.0 Å². The van der Waals surface area contributed by atoms with E-state index in [9.17, 15) is 24.9 Å². The minimum atomic E-state index is -1.78. The predicted molar refractivity (Wildman–Crippen MR) is 144 cm³/mol. The molecular weight excluding hydrogens is 494 g/mol. The summed E-state index contributed by atoms with van der Waals surface area (Å²) in [7, 11) is 0. The predicted octanol–water partition coefficient (Wildman–Crippen LogP) is 3.05. The minimum Gasteiger partial charge on any atom is -0.457 e. The average Bonchev–Trinajstić information content (AvgIpc) is 3.26. The summed E-state index contributed by atoms with van der Waals surface area (Å²) in [5, 5.41) is 34.4. The second-order valence-corrected chi connectivity index (χ2v) is 15.5. The molecule has 0 aromatic heterocycles. The van der Waals surface area contributed by atoms with Gasteiger partial charge in [-0.1, -0.05) is 32.9 Å². The first kappa shape index (κ1) is 26.4. The number of hydrogen-bond donors (Lipinski definition) is 4. The maximum Gasteiger partial charge on any atom is 0.324 e. The zero-order valence-electron chi connectivity index (χ0n) is 23.8. The number of aliphatic hydroxyl groups excluding tert-OH is 1. The molecule has 8 aliphatic rings. The van der Waals surface area contributed by atoms with Gasteiger partial charge in [0.1, 0.15) is 17.2 Å². The van der Waals surface area contributed by atoms with Crippen LogP contribution < -0.4 is 5.73 Å². The van der Waals surface area contributed by atoms with Crippen LogP contribution in [-0.4, -0.2) is 56.5 Å². The Morgan fingerprint density at radius 2 is 1.67 bits per heavy atom. The lowest BCUT2D eigenvalue weighted by atomic mass is 9.48. The summed E-state index contributed by atoms with van der Waals surface area (Å²) in [6, 6.07) is -0.644. The second-order valence-electron chi connectivity index (χ2n) is 15.5. The molecule has 7 heteroatoms. The van der Waals surface area contributed by atoms with Crippen LogP contribution in [0.3, 0.4) is 0 Å². The van der Waals surface area contributed by atoms with E-state index >= 15 is 0 Å². The number of nitrogens with two attached hydrogens (primary N) is 1. The number of Topliss-reactive ketones (excluding diaryl/α,β-unsaturated/α-hetero) is 1. The molecule has 5 N–H and O–H groups in total. The first-order valence-electron chi connectivity index (χ1n) is 15.2. The highest BCUT2D eigenvalue weighted by molar-refractivity contribution is 6.04. The van der Waals surface area contributed by atoms with Gasteiger partial charge in [-0.2, -0.15) is 0 Å². The van der Waals surface area contributed by atoms with Gasteiger partial charge in [0.25, 0.3) is 0 Å². The minimum absolute atomic E-state index is 0.0107. The molecule has 6 fully saturated rings. The van der Waals surface area contributed by atoms with Crippen molar-refractivity contribution >= 4 is 11.8 Å². The van der Waals surface area contributed by atoms with Crippen molar-refractivity contribution in [2.24, 2.45) is 58.0 Å². The van der Waals surface area contributed by atoms with Gasteiger partial charge in [0, 0.05) is 29.6 Å². The Bertz CT molecular complexity index is 1170. The molecule has 7 nitrogen and oxygen atoms in total. The SMILES string of the molecule is CC1=C[C@H]2[C@@]3(O)[C@H](C)C[C@]4(OC(=O)[C@@H](N)C56CC7CC(CC(C7)C5)C6)[C@H]([C@@H]3C=C(CO)C[C@]2(O)C1=O)C4(C)C. The number of rotatable bonds is 4. The quantitative estimate of drug-likeness (QED) is 0.319. The van der Waals surface area contributed by atoms with Gasteiger partial charge in [-0.3, -0.25) is 9.59 Å². The standard InChI is InChI=1S/C32H45NO6/c1-16-5-23-30(37,26(16)35)14-21(15-34)9-22-24-28(3,4)31(24,10-17(2)32(22,23)38)39-27(36)25(33)29-11-18-6-19(12-29)8-20(7-18)13-29/h5,9,17-20,22-25,34,37-38H,6-8,10-15,33H2,1-4H3/t17-,18?,19?,20?,22+,23-,24-,25-,29?,30-,31+,32-/m1/s1. The number of ether oxygens (including phenoxy) is 1. The molecule has 8 aliphatic carbocycles. The lowest BCUT2D eigenvalue weighted by Gasteiger charge is -2.58. The fraction of sp³-hybridized carbons (Fsp3) is 0.812. The van der Waals surface area contributed by atoms with E-state index in [4.69, 9.17) is 10.5 Å². The maximum atomic E-state index is 13.9. The lowest BCUT2D eigenvalue weighted by Crippen LogP contribution is -2.62. The van der Waals surface area contributed by atoms with E-state index < -0.39 is 40.1 Å². The van der Waals surface area contributed by atoms with Gasteiger partial charge in [0.05, 0.1) is 12.2 Å². The molecule has 8 rings (SSSR count). The molecule has 0 amide bonds. The topological polar surface area (TPSA) is 130 Å². The second kappa shape index (κ2) is 7.84. The molecule has 39 heavy (non-hydrogen) atoms. The zero-order chi connectivity index (χ0) is 27.9. The molecule has 0 heterocycles. The molecule has 0 aromatic carbocycles. The van der Waals surface area contributed by atoms with E-state index in [0.29, 0.717) is 35.3 Å². The third kappa shape index (κ3) is 3.14. The number of esters is 1. The van der Waals surface area contributed by atoms with Crippen molar-refractivity contribution < 1.29 is 29.6 Å². The summed E-state index contributed by atoms with van der Waals surface area (Å²) < 4.78 is 6.56. The molecule has 0 saturated heterocycles. The van der Waals surface area contributed by atoms with Crippen molar-refractivity contribution in [1.29, 1.82) is 0 Å². The van der Waals surface area contributed by atoms with E-state index in [2.05, 4.69) is 13.8 Å². The Hall–Kier alpha value is -1.54. The van der Waals surface area contributed by atoms with E-state index in [-0.39, 0.29) is 42.0 Å². The Morgan fingerprint density at radius 3 is 2.23 bits per heavy atom. The van der Waals surface area contributed by atoms with Crippen molar-refractivity contribution in [2.75, 3.05) is 6.61 Å². The van der Waals surface area contributed by atoms with Crippen LogP contribution in [0.1, 0.15) is 79.1 Å². The van der Waals surface area contributed by atoms with Crippen LogP contribution in [0, 0.1) is 52.3 Å². The van der Waals surface area contributed by atoms with Gasteiger partial charge in [-0.25, -0.2) is 0 Å². The lowest BCUT2D eigenvalue weighted by molar-refractivity contribution is -0.191. The van der Waals surface area contributed by atoms with Gasteiger partial charge in [-0.15, -0.1) is 0 Å². The molecule has 4 bridgehead atoms. The van der Waals surface area contributed by atoms with Crippen molar-refractivity contribution in [3.8, 4) is 0 Å². The van der Waals surface area contributed by atoms with Gasteiger partial charge in [0.15, 0.2) is 5.78 Å². The zero-order valence-corrected chi connectivity index (χ0v) is 23.8. The fourth-order valence-electron chi connectivity index (χ4n) is 11.6. The number of aliphatic hydroxyl groups is 3. The van der Waals surface area contributed by atoms with Crippen LogP contribution in [0.5, 0.6) is 0 Å². The summed E-state index contributed by atoms with van der Waals surface area (Å²) in [6.07, 6.45) is 10.9. The smallest absolute Gasteiger partial charge is 0.324 e. The summed E-state index contributed by atoms with van der Waals surface area (Å²) in [5.41, 5.74) is 3.23. The van der Waals surface area contributed by atoms with E-state index in [0.717, 1.165) is 19.3 Å². The number of hydrogen-bond acceptors (Lipinski definition) is 7. The van der Waals surface area contributed by atoms with Crippen molar-refractivity contribution in [3.05, 3.63) is 23.3 Å². The average molecular weight is 540 g/mol. The van der Waals surface area contributed by atoms with Crippen molar-refractivity contribution in [2.45, 2.75) is 102 Å². The Morgan fingerprint density at radius 1 is 1.08 bits per heavy atom. The maximum absolute atomic E-state index is 13.9.